The van der Waals surface area contributed by atoms with Gasteiger partial charge in [-0.3, -0.25) is 0 Å². The van der Waals surface area contributed by atoms with Crippen molar-refractivity contribution in [3.05, 3.63) is 0 Å². The maximum atomic E-state index is 12.0. The maximum absolute atomic E-state index is 12.0. The van der Waals surface area contributed by atoms with E-state index in [1.807, 2.05) is 0 Å². The summed E-state index contributed by atoms with van der Waals surface area (Å²) in [6.45, 7) is 14.4. The zero-order valence-corrected chi connectivity index (χ0v) is 42.4. The van der Waals surface area contributed by atoms with Crippen LogP contribution in [0.1, 0.15) is 241 Å². The number of unbranched alkanes of at least 4 members (excludes halogenated alkanes) is 23. The quantitative estimate of drug-likeness (QED) is 0.0286. The number of hydrogen-bond donors (Lipinski definition) is 1. The third-order valence-electron chi connectivity index (χ3n) is 11.5. The topological polar surface area (TPSA) is 65.0 Å². The molecule has 0 aromatic rings. The Kier molecular flexibility index (Phi) is 40.6. The molecule has 0 saturated carbocycles. The SMILES string of the molecule is CCCCCCC[CH2][SnH]([CH2]CCCCCCC)[O][Sn]([CH2]CCCCCCC)([CH2]CCCCCCC)[CH](CCC)CC(OCCCCCC)OC(=O)O. The van der Waals surface area contributed by atoms with Crippen LogP contribution in [0.2, 0.25) is 21.7 Å². The van der Waals surface area contributed by atoms with Crippen LogP contribution in [-0.2, 0) is 10.9 Å². The summed E-state index contributed by atoms with van der Waals surface area (Å²) < 4.78 is 26.1. The fourth-order valence-electron chi connectivity index (χ4n) is 8.24. The molecule has 0 aliphatic heterocycles. The molecule has 0 fully saturated rings. The monoisotopic (exact) mass is 955 g/mol. The number of rotatable bonds is 42. The first-order valence-electron chi connectivity index (χ1n) is 23.6. The normalized spacial score (nSPS) is 13.2. The van der Waals surface area contributed by atoms with Crippen molar-refractivity contribution in [2.45, 2.75) is 269 Å². The van der Waals surface area contributed by atoms with E-state index in [4.69, 9.17) is 10.9 Å². The van der Waals surface area contributed by atoms with Crippen LogP contribution >= 0.6 is 0 Å². The van der Waals surface area contributed by atoms with Crippen molar-refractivity contribution in [1.82, 2.24) is 0 Å². The van der Waals surface area contributed by atoms with E-state index < -0.39 is 51.4 Å². The third kappa shape index (κ3) is 30.9. The summed E-state index contributed by atoms with van der Waals surface area (Å²) in [4.78, 5) is 12.0. The Morgan fingerprint density at radius 3 is 1.31 bits per heavy atom. The number of hydrogen-bond acceptors (Lipinski definition) is 4. The van der Waals surface area contributed by atoms with E-state index in [0.29, 0.717) is 10.5 Å². The first-order valence-corrected chi connectivity index (χ1v) is 36.5. The van der Waals surface area contributed by atoms with Gasteiger partial charge in [0.2, 0.25) is 0 Å². The Morgan fingerprint density at radius 2 is 0.904 bits per heavy atom. The summed E-state index contributed by atoms with van der Waals surface area (Å²) in [5.74, 6) is 0. The number of carbonyl (C=O) groups is 1. The van der Waals surface area contributed by atoms with E-state index in [0.717, 1.165) is 32.1 Å². The molecule has 7 heteroatoms. The summed E-state index contributed by atoms with van der Waals surface area (Å²) in [5.41, 5.74) is 0. The Hall–Kier alpha value is 0.787. The van der Waals surface area contributed by atoms with Crippen molar-refractivity contribution in [2.75, 3.05) is 6.61 Å². The molecule has 0 aliphatic carbocycles. The molecule has 0 spiro atoms. The molecule has 52 heavy (non-hydrogen) atoms. The van der Waals surface area contributed by atoms with Crippen LogP contribution < -0.4 is 0 Å². The van der Waals surface area contributed by atoms with Gasteiger partial charge in [0.25, 0.3) is 0 Å². The zero-order valence-electron chi connectivity index (χ0n) is 36.3. The second kappa shape index (κ2) is 40.0. The van der Waals surface area contributed by atoms with Crippen molar-refractivity contribution >= 4 is 45.1 Å². The van der Waals surface area contributed by atoms with Gasteiger partial charge in [-0.05, 0) is 0 Å². The van der Waals surface area contributed by atoms with Gasteiger partial charge < -0.3 is 0 Å². The summed E-state index contributed by atoms with van der Waals surface area (Å²) in [7, 11) is 0. The van der Waals surface area contributed by atoms with Crippen molar-refractivity contribution in [1.29, 1.82) is 0 Å². The molecule has 0 aromatic carbocycles. The molecule has 0 rings (SSSR count). The number of carboxylic acid groups (broad SMARTS) is 1. The van der Waals surface area contributed by atoms with Crippen LogP contribution in [0.25, 0.3) is 0 Å². The van der Waals surface area contributed by atoms with Gasteiger partial charge in [-0.25, -0.2) is 0 Å². The summed E-state index contributed by atoms with van der Waals surface area (Å²) in [6, 6.07) is 0. The Morgan fingerprint density at radius 1 is 0.519 bits per heavy atom. The summed E-state index contributed by atoms with van der Waals surface area (Å²) >= 11 is -5.62. The molecule has 0 amide bonds. The van der Waals surface area contributed by atoms with Crippen LogP contribution in [-0.4, -0.2) is 63.1 Å². The van der Waals surface area contributed by atoms with Gasteiger partial charge >= 0.3 is 341 Å². The van der Waals surface area contributed by atoms with Crippen LogP contribution in [0.3, 0.4) is 0 Å². The van der Waals surface area contributed by atoms with Gasteiger partial charge in [-0.1, -0.05) is 0 Å². The third-order valence-corrected chi connectivity index (χ3v) is 47.7. The molecule has 2 atom stereocenters. The number of ether oxygens (including phenoxy) is 2. The predicted octanol–water partition coefficient (Wildman–Crippen LogP) is 16.3. The predicted molar refractivity (Wildman–Crippen MR) is 233 cm³/mol. The first-order chi connectivity index (χ1) is 25.4. The van der Waals surface area contributed by atoms with E-state index in [-0.39, 0.29) is 0 Å². The Bertz CT molecular complexity index is 707. The Balaban J connectivity index is 6.49. The molecule has 5 nitrogen and oxygen atoms in total. The Labute approximate surface area is 338 Å². The van der Waals surface area contributed by atoms with Gasteiger partial charge in [-0.2, -0.15) is 0 Å². The fourth-order valence-corrected chi connectivity index (χ4v) is 54.5. The summed E-state index contributed by atoms with van der Waals surface area (Å²) in [5, 5.41) is 9.85. The van der Waals surface area contributed by atoms with Gasteiger partial charge in [0.15, 0.2) is 0 Å². The molecular formula is C45H94O5Sn2. The van der Waals surface area contributed by atoms with Gasteiger partial charge in [0.05, 0.1) is 0 Å². The molecule has 2 unspecified atom stereocenters. The molecule has 312 valence electrons. The van der Waals surface area contributed by atoms with E-state index in [1.165, 1.54) is 185 Å². The molecule has 1 N–H and O–H groups in total. The van der Waals surface area contributed by atoms with Crippen LogP contribution in [0, 0.1) is 0 Å². The minimum atomic E-state index is -3.30. The van der Waals surface area contributed by atoms with E-state index in [1.54, 1.807) is 0 Å². The van der Waals surface area contributed by atoms with Gasteiger partial charge in [-0.15, -0.1) is 0 Å². The molecule has 0 heterocycles. The average molecular weight is 953 g/mol. The van der Waals surface area contributed by atoms with E-state index >= 15 is 0 Å². The molecule has 0 aromatic heterocycles. The second-order valence-electron chi connectivity index (χ2n) is 16.4. The molecular weight excluding hydrogens is 858 g/mol. The summed E-state index contributed by atoms with van der Waals surface area (Å²) in [6.07, 6.45) is 38.0. The van der Waals surface area contributed by atoms with Crippen LogP contribution in [0.5, 0.6) is 0 Å². The molecule has 0 bridgehead atoms. The average Bonchev–Trinajstić information content (AvgIpc) is 3.13. The van der Waals surface area contributed by atoms with Crippen LogP contribution in [0.15, 0.2) is 0 Å². The van der Waals surface area contributed by atoms with Crippen molar-refractivity contribution < 1.29 is 20.8 Å². The van der Waals surface area contributed by atoms with Gasteiger partial charge in [0, 0.05) is 0 Å². The molecule has 0 saturated heterocycles. The first kappa shape index (κ1) is 52.8. The van der Waals surface area contributed by atoms with Crippen molar-refractivity contribution in [3.8, 4) is 0 Å². The second-order valence-corrected chi connectivity index (χ2v) is 39.7. The van der Waals surface area contributed by atoms with Crippen molar-refractivity contribution in [2.24, 2.45) is 0 Å². The zero-order chi connectivity index (χ0) is 38.4. The fraction of sp³-hybridized carbons (Fsp3) is 0.978. The van der Waals surface area contributed by atoms with E-state index in [9.17, 15) is 9.90 Å². The van der Waals surface area contributed by atoms with Crippen molar-refractivity contribution in [3.63, 3.8) is 0 Å². The van der Waals surface area contributed by atoms with Gasteiger partial charge in [0.1, 0.15) is 0 Å². The molecule has 0 radical (unpaired) electrons. The molecule has 0 aliphatic rings. The van der Waals surface area contributed by atoms with Crippen LogP contribution in [0.4, 0.5) is 4.79 Å². The minimum absolute atomic E-state index is 0.471. The standard InChI is InChI=1S/C13H25O4.4C8H17.O.2Sn.H/c1-3-5-7-9-11-16-12(17-13(14)15)10-8-6-4-2;4*1-3-5-7-8-6-4-2;;;;/h8,12H,3-7,9-11H2,1-2H3,(H,14,15);4*1,3-8H2,2H3;;;;. The van der Waals surface area contributed by atoms with E-state index in [2.05, 4.69) is 41.5 Å².